The summed E-state index contributed by atoms with van der Waals surface area (Å²) in [5.41, 5.74) is 3.03. The highest BCUT2D eigenvalue weighted by atomic mass is 16.5. The highest BCUT2D eigenvalue weighted by Crippen LogP contribution is 2.27. The number of carbonyl (C=O) groups is 1. The lowest BCUT2D eigenvalue weighted by atomic mass is 10.1. The second kappa shape index (κ2) is 7.99. The van der Waals surface area contributed by atoms with Gasteiger partial charge in [0.1, 0.15) is 12.4 Å². The Hall–Kier alpha value is -3.28. The van der Waals surface area contributed by atoms with E-state index in [4.69, 9.17) is 4.74 Å². The van der Waals surface area contributed by atoms with Crippen LogP contribution in [0.5, 0.6) is 5.75 Å². The summed E-state index contributed by atoms with van der Waals surface area (Å²) in [4.78, 5) is 19.8. The first-order valence-electron chi connectivity index (χ1n) is 9.84. The number of nitrogens with zero attached hydrogens (tertiary/aromatic N) is 3. The Morgan fingerprint density at radius 1 is 1.10 bits per heavy atom. The third-order valence-electron chi connectivity index (χ3n) is 5.39. The molecular formula is C23H25N3O3. The van der Waals surface area contributed by atoms with Gasteiger partial charge in [-0.1, -0.05) is 30.3 Å². The first kappa shape index (κ1) is 19.1. The lowest BCUT2D eigenvalue weighted by Crippen LogP contribution is -2.58. The van der Waals surface area contributed by atoms with Crippen LogP contribution in [0, 0.1) is 0 Å². The van der Waals surface area contributed by atoms with Gasteiger partial charge in [0.2, 0.25) is 0 Å². The lowest BCUT2D eigenvalue weighted by molar-refractivity contribution is 0.0982. The number of rotatable bonds is 4. The van der Waals surface area contributed by atoms with Gasteiger partial charge in [-0.3, -0.25) is 9.88 Å². The van der Waals surface area contributed by atoms with E-state index < -0.39 is 6.09 Å². The SMILES string of the molecule is CC1CN(c2cnc3ccc(OCc4ccccc4)cc3c2)CC(C)N1C(=O)O. The molecule has 6 heteroatoms. The minimum atomic E-state index is -0.860. The quantitative estimate of drug-likeness (QED) is 0.714. The highest BCUT2D eigenvalue weighted by molar-refractivity contribution is 5.83. The molecule has 3 aromatic rings. The van der Waals surface area contributed by atoms with E-state index >= 15 is 0 Å². The van der Waals surface area contributed by atoms with E-state index in [1.807, 2.05) is 68.6 Å². The maximum Gasteiger partial charge on any atom is 0.407 e. The Morgan fingerprint density at radius 3 is 2.52 bits per heavy atom. The van der Waals surface area contributed by atoms with Gasteiger partial charge in [-0.25, -0.2) is 4.79 Å². The maximum atomic E-state index is 11.5. The van der Waals surface area contributed by atoms with Crippen molar-refractivity contribution in [1.82, 2.24) is 9.88 Å². The number of anilines is 1. The van der Waals surface area contributed by atoms with Crippen LogP contribution in [0.4, 0.5) is 10.5 Å². The van der Waals surface area contributed by atoms with Gasteiger partial charge in [0.25, 0.3) is 0 Å². The van der Waals surface area contributed by atoms with Gasteiger partial charge in [0, 0.05) is 18.5 Å². The summed E-state index contributed by atoms with van der Waals surface area (Å²) in [6, 6.07) is 17.9. The Morgan fingerprint density at radius 2 is 1.83 bits per heavy atom. The molecule has 1 aliphatic rings. The number of hydrogen-bond acceptors (Lipinski definition) is 4. The third-order valence-corrected chi connectivity index (χ3v) is 5.39. The van der Waals surface area contributed by atoms with E-state index in [1.54, 1.807) is 0 Å². The molecule has 1 amide bonds. The molecule has 1 saturated heterocycles. The molecule has 2 unspecified atom stereocenters. The summed E-state index contributed by atoms with van der Waals surface area (Å²) in [5.74, 6) is 0.803. The van der Waals surface area contributed by atoms with E-state index in [-0.39, 0.29) is 12.1 Å². The van der Waals surface area contributed by atoms with E-state index in [0.29, 0.717) is 19.7 Å². The molecule has 1 aromatic heterocycles. The van der Waals surface area contributed by atoms with Crippen LogP contribution in [0.25, 0.3) is 10.9 Å². The molecule has 2 heterocycles. The van der Waals surface area contributed by atoms with Crippen molar-refractivity contribution in [2.24, 2.45) is 0 Å². The Bertz CT molecular complexity index is 997. The molecule has 0 radical (unpaired) electrons. The topological polar surface area (TPSA) is 65.9 Å². The molecule has 0 saturated carbocycles. The van der Waals surface area contributed by atoms with Gasteiger partial charge in [-0.15, -0.1) is 0 Å². The van der Waals surface area contributed by atoms with Crippen LogP contribution < -0.4 is 9.64 Å². The van der Waals surface area contributed by atoms with E-state index in [0.717, 1.165) is 27.9 Å². The highest BCUT2D eigenvalue weighted by Gasteiger charge is 2.32. The van der Waals surface area contributed by atoms with Gasteiger partial charge in [-0.2, -0.15) is 0 Å². The molecule has 1 aliphatic heterocycles. The van der Waals surface area contributed by atoms with Crippen LogP contribution in [0.15, 0.2) is 60.8 Å². The lowest BCUT2D eigenvalue weighted by Gasteiger charge is -2.43. The zero-order valence-corrected chi connectivity index (χ0v) is 16.7. The molecule has 150 valence electrons. The molecule has 0 spiro atoms. The van der Waals surface area contributed by atoms with Crippen molar-refractivity contribution >= 4 is 22.7 Å². The third kappa shape index (κ3) is 4.11. The van der Waals surface area contributed by atoms with E-state index in [1.165, 1.54) is 4.90 Å². The fourth-order valence-electron chi connectivity index (χ4n) is 4.01. The van der Waals surface area contributed by atoms with Crippen LogP contribution in [0.3, 0.4) is 0 Å². The van der Waals surface area contributed by atoms with Gasteiger partial charge >= 0.3 is 6.09 Å². The molecule has 2 atom stereocenters. The van der Waals surface area contributed by atoms with Crippen molar-refractivity contribution in [1.29, 1.82) is 0 Å². The van der Waals surface area contributed by atoms with Gasteiger partial charge < -0.3 is 14.7 Å². The van der Waals surface area contributed by atoms with Crippen molar-refractivity contribution in [3.05, 3.63) is 66.4 Å². The van der Waals surface area contributed by atoms with Gasteiger partial charge in [-0.05, 0) is 43.7 Å². The zero-order chi connectivity index (χ0) is 20.4. The summed E-state index contributed by atoms with van der Waals surface area (Å²) < 4.78 is 5.95. The van der Waals surface area contributed by atoms with Crippen molar-refractivity contribution in [3.8, 4) is 5.75 Å². The molecule has 0 bridgehead atoms. The fraction of sp³-hybridized carbons (Fsp3) is 0.304. The molecule has 2 aromatic carbocycles. The van der Waals surface area contributed by atoms with Crippen LogP contribution in [-0.4, -0.2) is 46.3 Å². The molecule has 29 heavy (non-hydrogen) atoms. The number of hydrogen-bond donors (Lipinski definition) is 1. The predicted octanol–water partition coefficient (Wildman–Crippen LogP) is 4.39. The summed E-state index contributed by atoms with van der Waals surface area (Å²) >= 11 is 0. The van der Waals surface area contributed by atoms with Crippen molar-refractivity contribution in [2.45, 2.75) is 32.5 Å². The number of aromatic nitrogens is 1. The standard InChI is InChI=1S/C23H25N3O3/c1-16-13-25(14-17(2)26(16)23(27)28)20-10-19-11-21(8-9-22(19)24-12-20)29-15-18-6-4-3-5-7-18/h3-12,16-17H,13-15H2,1-2H3,(H,27,28). The maximum absolute atomic E-state index is 11.5. The Kier molecular flexibility index (Phi) is 5.25. The van der Waals surface area contributed by atoms with Crippen LogP contribution >= 0.6 is 0 Å². The molecule has 1 N–H and O–H groups in total. The number of ether oxygens (including phenoxy) is 1. The summed E-state index contributed by atoms with van der Waals surface area (Å²) in [6.45, 7) is 5.70. The largest absolute Gasteiger partial charge is 0.489 e. The summed E-state index contributed by atoms with van der Waals surface area (Å²) in [7, 11) is 0. The Balaban J connectivity index is 1.53. The van der Waals surface area contributed by atoms with Gasteiger partial charge in [0.15, 0.2) is 0 Å². The number of pyridine rings is 1. The molecule has 6 nitrogen and oxygen atoms in total. The van der Waals surface area contributed by atoms with Crippen molar-refractivity contribution in [2.75, 3.05) is 18.0 Å². The van der Waals surface area contributed by atoms with Crippen molar-refractivity contribution < 1.29 is 14.6 Å². The Labute approximate surface area is 170 Å². The molecule has 4 rings (SSSR count). The molecule has 0 aliphatic carbocycles. The number of amides is 1. The second-order valence-corrected chi connectivity index (χ2v) is 7.62. The molecule has 1 fully saturated rings. The summed E-state index contributed by atoms with van der Waals surface area (Å²) in [5, 5.41) is 10.4. The van der Waals surface area contributed by atoms with E-state index in [2.05, 4.69) is 16.0 Å². The predicted molar refractivity (Wildman–Crippen MR) is 114 cm³/mol. The molecular weight excluding hydrogens is 366 g/mol. The first-order valence-corrected chi connectivity index (χ1v) is 9.84. The minimum absolute atomic E-state index is 0.0764. The number of carboxylic acid groups (broad SMARTS) is 1. The van der Waals surface area contributed by atoms with Gasteiger partial charge in [0.05, 0.1) is 29.5 Å². The number of fused-ring (bicyclic) bond motifs is 1. The number of piperazine rings is 1. The second-order valence-electron chi connectivity index (χ2n) is 7.62. The van der Waals surface area contributed by atoms with Crippen LogP contribution in [0.1, 0.15) is 19.4 Å². The average molecular weight is 391 g/mol. The zero-order valence-electron chi connectivity index (χ0n) is 16.7. The summed E-state index contributed by atoms with van der Waals surface area (Å²) in [6.07, 6.45) is 1.00. The average Bonchev–Trinajstić information content (AvgIpc) is 2.71. The smallest absolute Gasteiger partial charge is 0.407 e. The number of benzene rings is 2. The fourth-order valence-corrected chi connectivity index (χ4v) is 4.01. The van der Waals surface area contributed by atoms with E-state index in [9.17, 15) is 9.90 Å². The minimum Gasteiger partial charge on any atom is -0.489 e. The van der Waals surface area contributed by atoms with Crippen molar-refractivity contribution in [3.63, 3.8) is 0 Å². The van der Waals surface area contributed by atoms with Crippen LogP contribution in [-0.2, 0) is 6.61 Å². The first-order chi connectivity index (χ1) is 14.0. The van der Waals surface area contributed by atoms with Crippen LogP contribution in [0.2, 0.25) is 0 Å². The monoisotopic (exact) mass is 391 g/mol. The normalized spacial score (nSPS) is 19.4.